The summed E-state index contributed by atoms with van der Waals surface area (Å²) in [6, 6.07) is 15.1. The van der Waals surface area contributed by atoms with Crippen LogP contribution in [0.3, 0.4) is 0 Å². The highest BCUT2D eigenvalue weighted by Crippen LogP contribution is 2.24. The summed E-state index contributed by atoms with van der Waals surface area (Å²) >= 11 is 0. The highest BCUT2D eigenvalue weighted by atomic mass is 16.3. The van der Waals surface area contributed by atoms with Crippen molar-refractivity contribution in [2.24, 2.45) is 0 Å². The summed E-state index contributed by atoms with van der Waals surface area (Å²) in [5.41, 5.74) is 8.18. The van der Waals surface area contributed by atoms with E-state index in [0.717, 1.165) is 22.1 Å². The first kappa shape index (κ1) is 15.8. The zero-order chi connectivity index (χ0) is 17.1. The van der Waals surface area contributed by atoms with Crippen LogP contribution in [0.25, 0.3) is 11.0 Å². The molecule has 0 saturated carbocycles. The molecule has 0 unspecified atom stereocenters. The Morgan fingerprint density at radius 2 is 1.67 bits per heavy atom. The van der Waals surface area contributed by atoms with Crippen LogP contribution in [0.5, 0.6) is 0 Å². The lowest BCUT2D eigenvalue weighted by molar-refractivity contribution is -0.121. The Morgan fingerprint density at radius 1 is 0.958 bits per heavy atom. The van der Waals surface area contributed by atoms with Crippen molar-refractivity contribution >= 4 is 22.8 Å². The second kappa shape index (κ2) is 6.58. The molecule has 24 heavy (non-hydrogen) atoms. The van der Waals surface area contributed by atoms with Gasteiger partial charge in [0.05, 0.1) is 6.42 Å². The number of carbonyl (C=O) groups is 2. The maximum Gasteiger partial charge on any atom is 0.305 e. The number of hydrogen-bond acceptors (Lipinski definition) is 3. The Balaban J connectivity index is 1.65. The van der Waals surface area contributed by atoms with Crippen molar-refractivity contribution in [1.29, 1.82) is 0 Å². The van der Waals surface area contributed by atoms with E-state index in [0.29, 0.717) is 5.58 Å². The van der Waals surface area contributed by atoms with Crippen molar-refractivity contribution in [2.75, 3.05) is 0 Å². The molecule has 0 fully saturated rings. The van der Waals surface area contributed by atoms with Crippen molar-refractivity contribution in [3.63, 3.8) is 0 Å². The van der Waals surface area contributed by atoms with Crippen LogP contribution >= 0.6 is 0 Å². The second-order valence-corrected chi connectivity index (χ2v) is 5.66. The van der Waals surface area contributed by atoms with Crippen molar-refractivity contribution in [1.82, 2.24) is 10.9 Å². The Morgan fingerprint density at radius 3 is 2.42 bits per heavy atom. The Kier molecular flexibility index (Phi) is 4.33. The molecule has 3 aromatic rings. The van der Waals surface area contributed by atoms with E-state index in [-0.39, 0.29) is 18.1 Å². The number of para-hydroxylation sites is 1. The van der Waals surface area contributed by atoms with Crippen molar-refractivity contribution in [3.8, 4) is 0 Å². The SMILES string of the molecule is Cc1ccccc1CC(=O)NNC(=O)c1oc2ccccc2c1C. The molecule has 0 aliphatic heterocycles. The first-order valence-corrected chi connectivity index (χ1v) is 7.68. The number of rotatable bonds is 3. The van der Waals surface area contributed by atoms with Gasteiger partial charge in [0, 0.05) is 10.9 Å². The summed E-state index contributed by atoms with van der Waals surface area (Å²) in [6.07, 6.45) is 0.200. The molecule has 1 heterocycles. The summed E-state index contributed by atoms with van der Waals surface area (Å²) in [6.45, 7) is 3.76. The summed E-state index contributed by atoms with van der Waals surface area (Å²) in [5.74, 6) is -0.555. The molecule has 1 aromatic heterocycles. The van der Waals surface area contributed by atoms with Crippen LogP contribution in [-0.2, 0) is 11.2 Å². The van der Waals surface area contributed by atoms with Crippen molar-refractivity contribution in [3.05, 3.63) is 71.0 Å². The molecule has 3 rings (SSSR count). The molecular formula is C19H18N2O3. The van der Waals surface area contributed by atoms with Gasteiger partial charge in [0.25, 0.3) is 0 Å². The summed E-state index contributed by atoms with van der Waals surface area (Å²) in [4.78, 5) is 24.2. The molecule has 122 valence electrons. The van der Waals surface area contributed by atoms with Crippen LogP contribution in [0, 0.1) is 13.8 Å². The maximum absolute atomic E-state index is 12.2. The lowest BCUT2D eigenvalue weighted by Gasteiger charge is -2.08. The third-order valence-electron chi connectivity index (χ3n) is 3.98. The van der Waals surface area contributed by atoms with Crippen LogP contribution in [0.15, 0.2) is 52.9 Å². The number of nitrogens with one attached hydrogen (secondary N) is 2. The summed E-state index contributed by atoms with van der Waals surface area (Å²) < 4.78 is 5.57. The van der Waals surface area contributed by atoms with Gasteiger partial charge >= 0.3 is 5.91 Å². The highest BCUT2D eigenvalue weighted by Gasteiger charge is 2.17. The lowest BCUT2D eigenvalue weighted by Crippen LogP contribution is -2.42. The van der Waals surface area contributed by atoms with E-state index in [4.69, 9.17) is 4.42 Å². The minimum atomic E-state index is -0.471. The predicted octanol–water partition coefficient (Wildman–Crippen LogP) is 3.05. The zero-order valence-electron chi connectivity index (χ0n) is 13.6. The number of furan rings is 1. The van der Waals surface area contributed by atoms with E-state index in [2.05, 4.69) is 10.9 Å². The van der Waals surface area contributed by atoms with Crippen LogP contribution in [0.1, 0.15) is 27.2 Å². The predicted molar refractivity (Wildman–Crippen MR) is 91.4 cm³/mol. The van der Waals surface area contributed by atoms with Gasteiger partial charge in [-0.25, -0.2) is 0 Å². The largest absolute Gasteiger partial charge is 0.451 e. The Hall–Kier alpha value is -3.08. The number of carbonyl (C=O) groups excluding carboxylic acids is 2. The first-order valence-electron chi connectivity index (χ1n) is 7.68. The van der Waals surface area contributed by atoms with Crippen LogP contribution < -0.4 is 10.9 Å². The molecular weight excluding hydrogens is 304 g/mol. The first-order chi connectivity index (χ1) is 11.6. The smallest absolute Gasteiger partial charge is 0.305 e. The Bertz CT molecular complexity index is 912. The topological polar surface area (TPSA) is 71.3 Å². The number of benzene rings is 2. The van der Waals surface area contributed by atoms with E-state index >= 15 is 0 Å². The molecule has 0 saturated heterocycles. The molecule has 0 atom stereocenters. The fourth-order valence-electron chi connectivity index (χ4n) is 2.60. The molecule has 0 radical (unpaired) electrons. The third-order valence-corrected chi connectivity index (χ3v) is 3.98. The van der Waals surface area contributed by atoms with Crippen LogP contribution in [-0.4, -0.2) is 11.8 Å². The minimum absolute atomic E-state index is 0.200. The average Bonchev–Trinajstić information content (AvgIpc) is 2.92. The highest BCUT2D eigenvalue weighted by molar-refractivity contribution is 5.99. The summed E-state index contributed by atoms with van der Waals surface area (Å²) in [5, 5.41) is 0.883. The minimum Gasteiger partial charge on any atom is -0.451 e. The molecule has 0 aliphatic rings. The monoisotopic (exact) mass is 322 g/mol. The normalized spacial score (nSPS) is 10.6. The number of hydrogen-bond donors (Lipinski definition) is 2. The van der Waals surface area contributed by atoms with Gasteiger partial charge in [-0.2, -0.15) is 0 Å². The van der Waals surface area contributed by atoms with Crippen molar-refractivity contribution < 1.29 is 14.0 Å². The van der Waals surface area contributed by atoms with Gasteiger partial charge in [-0.1, -0.05) is 42.5 Å². The standard InChI is InChI=1S/C19H18N2O3/c1-12-7-3-4-8-14(12)11-17(22)20-21-19(23)18-13(2)15-9-5-6-10-16(15)24-18/h3-10H,11H2,1-2H3,(H,20,22)(H,21,23). The zero-order valence-corrected chi connectivity index (χ0v) is 13.6. The molecule has 0 bridgehead atoms. The van der Waals surface area contributed by atoms with Gasteiger partial charge < -0.3 is 4.42 Å². The van der Waals surface area contributed by atoms with E-state index in [1.165, 1.54) is 0 Å². The fraction of sp³-hybridized carbons (Fsp3) is 0.158. The maximum atomic E-state index is 12.2. The quantitative estimate of drug-likeness (QED) is 0.728. The molecule has 0 spiro atoms. The number of amides is 2. The van der Waals surface area contributed by atoms with Crippen molar-refractivity contribution in [2.45, 2.75) is 20.3 Å². The number of fused-ring (bicyclic) bond motifs is 1. The van der Waals surface area contributed by atoms with Gasteiger partial charge in [-0.05, 0) is 31.0 Å². The van der Waals surface area contributed by atoms with Crippen LogP contribution in [0.2, 0.25) is 0 Å². The molecule has 2 N–H and O–H groups in total. The summed E-state index contributed by atoms with van der Waals surface area (Å²) in [7, 11) is 0. The van der Waals surface area contributed by atoms with Gasteiger partial charge in [0.1, 0.15) is 5.58 Å². The van der Waals surface area contributed by atoms with Gasteiger partial charge in [-0.15, -0.1) is 0 Å². The molecule has 2 aromatic carbocycles. The van der Waals surface area contributed by atoms with Gasteiger partial charge in [-0.3, -0.25) is 20.4 Å². The van der Waals surface area contributed by atoms with Crippen LogP contribution in [0.4, 0.5) is 0 Å². The fourth-order valence-corrected chi connectivity index (χ4v) is 2.60. The van der Waals surface area contributed by atoms with E-state index in [1.54, 1.807) is 6.07 Å². The number of hydrazine groups is 1. The van der Waals surface area contributed by atoms with E-state index in [9.17, 15) is 9.59 Å². The molecule has 0 aliphatic carbocycles. The molecule has 5 heteroatoms. The third kappa shape index (κ3) is 3.15. The number of aryl methyl sites for hydroxylation is 2. The Labute approximate surface area is 139 Å². The second-order valence-electron chi connectivity index (χ2n) is 5.66. The average molecular weight is 322 g/mol. The van der Waals surface area contributed by atoms with Gasteiger partial charge in [0.15, 0.2) is 5.76 Å². The molecule has 5 nitrogen and oxygen atoms in total. The van der Waals surface area contributed by atoms with Gasteiger partial charge in [0.2, 0.25) is 5.91 Å². The molecule has 2 amide bonds. The van der Waals surface area contributed by atoms with E-state index < -0.39 is 5.91 Å². The lowest BCUT2D eigenvalue weighted by atomic mass is 10.1. The van der Waals surface area contributed by atoms with E-state index in [1.807, 2.05) is 56.3 Å².